The van der Waals surface area contributed by atoms with Gasteiger partial charge in [-0.15, -0.1) is 0 Å². The zero-order valence-corrected chi connectivity index (χ0v) is 14.7. The molecule has 1 heterocycles. The van der Waals surface area contributed by atoms with Gasteiger partial charge in [0.15, 0.2) is 0 Å². The van der Waals surface area contributed by atoms with Crippen LogP contribution in [-0.4, -0.2) is 60.7 Å². The maximum atomic E-state index is 11.9. The van der Waals surface area contributed by atoms with Crippen LogP contribution in [0.5, 0.6) is 0 Å². The largest absolute Gasteiger partial charge is 0.387 e. The quantitative estimate of drug-likeness (QED) is 0.893. The molecule has 0 saturated carbocycles. The van der Waals surface area contributed by atoms with Crippen molar-refractivity contribution in [2.45, 2.75) is 38.8 Å². The van der Waals surface area contributed by atoms with E-state index in [1.165, 1.54) is 11.1 Å². The summed E-state index contributed by atoms with van der Waals surface area (Å²) < 4.78 is 0. The van der Waals surface area contributed by atoms with Crippen LogP contribution in [0.2, 0.25) is 0 Å². The van der Waals surface area contributed by atoms with Crippen LogP contribution < -0.4 is 5.32 Å². The number of aliphatic hydroxyl groups excluding tert-OH is 1. The van der Waals surface area contributed by atoms with Crippen molar-refractivity contribution in [1.29, 1.82) is 0 Å². The van der Waals surface area contributed by atoms with Crippen LogP contribution in [0.1, 0.15) is 35.6 Å². The van der Waals surface area contributed by atoms with Gasteiger partial charge >= 0.3 is 6.03 Å². The van der Waals surface area contributed by atoms with Gasteiger partial charge in [0, 0.05) is 39.8 Å². The smallest absolute Gasteiger partial charge is 0.319 e. The summed E-state index contributed by atoms with van der Waals surface area (Å²) in [5.41, 5.74) is 3.32. The van der Waals surface area contributed by atoms with Crippen molar-refractivity contribution in [2.24, 2.45) is 0 Å². The first kappa shape index (κ1) is 17.8. The second kappa shape index (κ2) is 7.79. The molecule has 1 aliphatic rings. The molecule has 2 N–H and O–H groups in total. The van der Waals surface area contributed by atoms with Gasteiger partial charge < -0.3 is 20.2 Å². The highest BCUT2D eigenvalue weighted by Gasteiger charge is 2.23. The molecule has 2 amide bonds. The van der Waals surface area contributed by atoms with Crippen LogP contribution in [-0.2, 0) is 0 Å². The van der Waals surface area contributed by atoms with Crippen LogP contribution in [0.25, 0.3) is 0 Å². The lowest BCUT2D eigenvalue weighted by molar-refractivity contribution is 0.140. The zero-order chi connectivity index (χ0) is 17.0. The molecule has 0 spiro atoms. The Bertz CT molecular complexity index is 517. The highest BCUT2D eigenvalue weighted by Crippen LogP contribution is 2.18. The molecule has 1 atom stereocenters. The first-order valence-corrected chi connectivity index (χ1v) is 8.32. The average molecular weight is 319 g/mol. The van der Waals surface area contributed by atoms with Crippen molar-refractivity contribution in [2.75, 3.05) is 33.7 Å². The van der Waals surface area contributed by atoms with Gasteiger partial charge in [0.25, 0.3) is 0 Å². The predicted molar refractivity (Wildman–Crippen MR) is 92.6 cm³/mol. The molecule has 23 heavy (non-hydrogen) atoms. The Morgan fingerprint density at radius 1 is 1.26 bits per heavy atom. The van der Waals surface area contributed by atoms with Crippen molar-refractivity contribution in [3.8, 4) is 0 Å². The molecule has 0 aliphatic carbocycles. The number of piperidine rings is 1. The Morgan fingerprint density at radius 3 is 2.35 bits per heavy atom. The molecule has 1 aromatic carbocycles. The van der Waals surface area contributed by atoms with Crippen LogP contribution in [0.3, 0.4) is 0 Å². The number of hydrogen-bond donors (Lipinski definition) is 2. The highest BCUT2D eigenvalue weighted by molar-refractivity contribution is 5.73. The Kier molecular flexibility index (Phi) is 6.02. The van der Waals surface area contributed by atoms with Gasteiger partial charge in [-0.05, 0) is 32.3 Å². The number of aliphatic hydroxyl groups is 1. The fourth-order valence-electron chi connectivity index (χ4n) is 3.16. The fourth-order valence-corrected chi connectivity index (χ4v) is 3.16. The summed E-state index contributed by atoms with van der Waals surface area (Å²) in [7, 11) is 3.57. The van der Waals surface area contributed by atoms with Crippen LogP contribution in [0, 0.1) is 13.8 Å². The molecule has 1 aliphatic heterocycles. The Labute approximate surface area is 139 Å². The standard InChI is InChI=1S/C18H29N3O2/c1-13-9-14(2)11-15(10-13)17(22)12-19-16-5-7-21(8-6-16)18(23)20(3)4/h9-11,16-17,19,22H,5-8,12H2,1-4H3. The second-order valence-corrected chi connectivity index (χ2v) is 6.78. The summed E-state index contributed by atoms with van der Waals surface area (Å²) in [6.45, 7) is 6.19. The number of nitrogens with one attached hydrogen (secondary N) is 1. The van der Waals surface area contributed by atoms with E-state index in [1.54, 1.807) is 19.0 Å². The molecular formula is C18H29N3O2. The van der Waals surface area contributed by atoms with Crippen LogP contribution in [0.4, 0.5) is 4.79 Å². The summed E-state index contributed by atoms with van der Waals surface area (Å²) in [6, 6.07) is 6.64. The summed E-state index contributed by atoms with van der Waals surface area (Å²) in [5.74, 6) is 0. The molecule has 0 radical (unpaired) electrons. The monoisotopic (exact) mass is 319 g/mol. The van der Waals surface area contributed by atoms with Gasteiger partial charge in [-0.2, -0.15) is 0 Å². The van der Waals surface area contributed by atoms with E-state index in [9.17, 15) is 9.90 Å². The van der Waals surface area contributed by atoms with Crippen molar-refractivity contribution >= 4 is 6.03 Å². The Balaban J connectivity index is 1.80. The summed E-state index contributed by atoms with van der Waals surface area (Å²) >= 11 is 0. The first-order chi connectivity index (χ1) is 10.9. The summed E-state index contributed by atoms with van der Waals surface area (Å²) in [6.07, 6.45) is 1.37. The van der Waals surface area contributed by atoms with Gasteiger partial charge in [-0.3, -0.25) is 0 Å². The maximum absolute atomic E-state index is 11.9. The number of carbonyl (C=O) groups is 1. The normalized spacial score (nSPS) is 17.2. The molecule has 1 saturated heterocycles. The predicted octanol–water partition coefficient (Wildman–Crippen LogP) is 2.07. The molecule has 128 valence electrons. The molecule has 5 heteroatoms. The second-order valence-electron chi connectivity index (χ2n) is 6.78. The number of hydrogen-bond acceptors (Lipinski definition) is 3. The van der Waals surface area contributed by atoms with Crippen molar-refractivity contribution in [3.05, 3.63) is 34.9 Å². The fraction of sp³-hybridized carbons (Fsp3) is 0.611. The van der Waals surface area contributed by atoms with Gasteiger partial charge in [0.1, 0.15) is 0 Å². The molecule has 1 aromatic rings. The van der Waals surface area contributed by atoms with E-state index in [1.807, 2.05) is 30.9 Å². The number of amides is 2. The lowest BCUT2D eigenvalue weighted by Crippen LogP contribution is -2.48. The molecule has 1 fully saturated rings. The van der Waals surface area contributed by atoms with E-state index >= 15 is 0 Å². The van der Waals surface area contributed by atoms with Gasteiger partial charge in [-0.25, -0.2) is 4.79 Å². The van der Waals surface area contributed by atoms with E-state index in [0.29, 0.717) is 12.6 Å². The molecular weight excluding hydrogens is 290 g/mol. The van der Waals surface area contributed by atoms with Crippen molar-refractivity contribution < 1.29 is 9.90 Å². The lowest BCUT2D eigenvalue weighted by Gasteiger charge is -2.34. The maximum Gasteiger partial charge on any atom is 0.319 e. The van der Waals surface area contributed by atoms with E-state index in [4.69, 9.17) is 0 Å². The number of urea groups is 1. The third kappa shape index (κ3) is 4.94. The number of nitrogens with zero attached hydrogens (tertiary/aromatic N) is 2. The minimum atomic E-state index is -0.491. The van der Waals surface area contributed by atoms with E-state index in [2.05, 4.69) is 11.4 Å². The molecule has 1 unspecified atom stereocenters. The van der Waals surface area contributed by atoms with Crippen molar-refractivity contribution in [3.63, 3.8) is 0 Å². The van der Waals surface area contributed by atoms with Crippen molar-refractivity contribution in [1.82, 2.24) is 15.1 Å². The minimum Gasteiger partial charge on any atom is -0.387 e. The topological polar surface area (TPSA) is 55.8 Å². The summed E-state index contributed by atoms with van der Waals surface area (Å²) in [4.78, 5) is 15.4. The number of rotatable bonds is 4. The molecule has 2 rings (SSSR count). The molecule has 0 aromatic heterocycles. The van der Waals surface area contributed by atoms with Gasteiger partial charge in [0.05, 0.1) is 6.10 Å². The molecule has 0 bridgehead atoms. The average Bonchev–Trinajstić information content (AvgIpc) is 2.51. The van der Waals surface area contributed by atoms with E-state index in [0.717, 1.165) is 31.5 Å². The van der Waals surface area contributed by atoms with Crippen LogP contribution in [0.15, 0.2) is 18.2 Å². The number of carbonyl (C=O) groups excluding carboxylic acids is 1. The number of likely N-dealkylation sites (tertiary alicyclic amines) is 1. The number of benzene rings is 1. The van der Waals surface area contributed by atoms with Crippen LogP contribution >= 0.6 is 0 Å². The molecule has 5 nitrogen and oxygen atoms in total. The van der Waals surface area contributed by atoms with E-state index in [-0.39, 0.29) is 6.03 Å². The Morgan fingerprint density at radius 2 is 1.83 bits per heavy atom. The lowest BCUT2D eigenvalue weighted by atomic mass is 10.0. The zero-order valence-electron chi connectivity index (χ0n) is 14.7. The third-order valence-electron chi connectivity index (χ3n) is 4.38. The minimum absolute atomic E-state index is 0.0821. The Hall–Kier alpha value is -1.59. The first-order valence-electron chi connectivity index (χ1n) is 8.32. The highest BCUT2D eigenvalue weighted by atomic mass is 16.3. The summed E-state index contributed by atoms with van der Waals surface area (Å²) in [5, 5.41) is 13.8. The van der Waals surface area contributed by atoms with Gasteiger partial charge in [0.2, 0.25) is 0 Å². The number of aryl methyl sites for hydroxylation is 2. The SMILES string of the molecule is Cc1cc(C)cc(C(O)CNC2CCN(C(=O)N(C)C)CC2)c1. The van der Waals surface area contributed by atoms with Gasteiger partial charge in [-0.1, -0.05) is 29.3 Å². The third-order valence-corrected chi connectivity index (χ3v) is 4.38. The van der Waals surface area contributed by atoms with E-state index < -0.39 is 6.10 Å².